The third-order valence-electron chi connectivity index (χ3n) is 5.08. The van der Waals surface area contributed by atoms with Gasteiger partial charge < -0.3 is 4.74 Å². The van der Waals surface area contributed by atoms with E-state index in [-0.39, 0.29) is 12.0 Å². The molecular formula is C18H24BrNO. The lowest BCUT2D eigenvalue weighted by Gasteiger charge is -2.41. The molecule has 21 heavy (non-hydrogen) atoms. The average Bonchev–Trinajstić information content (AvgIpc) is 2.49. The molecule has 0 saturated heterocycles. The summed E-state index contributed by atoms with van der Waals surface area (Å²) in [5, 5.41) is 9.39. The van der Waals surface area contributed by atoms with Crippen LogP contribution in [0.3, 0.4) is 0 Å². The van der Waals surface area contributed by atoms with Crippen LogP contribution in [-0.2, 0) is 0 Å². The lowest BCUT2D eigenvalue weighted by atomic mass is 9.67. The van der Waals surface area contributed by atoms with Crippen LogP contribution in [0.4, 0.5) is 0 Å². The van der Waals surface area contributed by atoms with Crippen molar-refractivity contribution < 1.29 is 4.74 Å². The van der Waals surface area contributed by atoms with E-state index in [1.165, 1.54) is 6.42 Å². The summed E-state index contributed by atoms with van der Waals surface area (Å²) in [6.45, 7) is 6.92. The Kier molecular flexibility index (Phi) is 5.32. The highest BCUT2D eigenvalue weighted by atomic mass is 79.9. The van der Waals surface area contributed by atoms with Gasteiger partial charge in [-0.25, -0.2) is 0 Å². The van der Waals surface area contributed by atoms with Gasteiger partial charge in [0.1, 0.15) is 11.9 Å². The van der Waals surface area contributed by atoms with Crippen molar-refractivity contribution in [1.29, 1.82) is 5.26 Å². The van der Waals surface area contributed by atoms with E-state index in [0.29, 0.717) is 11.3 Å². The highest BCUT2D eigenvalue weighted by Gasteiger charge is 2.38. The molecule has 0 aliphatic heterocycles. The normalized spacial score (nSPS) is 26.1. The zero-order chi connectivity index (χ0) is 15.5. The molecule has 1 aliphatic carbocycles. The molecule has 0 spiro atoms. The van der Waals surface area contributed by atoms with Crippen LogP contribution in [0, 0.1) is 28.6 Å². The maximum absolute atomic E-state index is 9.39. The molecule has 3 atom stereocenters. The Labute approximate surface area is 136 Å². The number of hydrogen-bond donors (Lipinski definition) is 0. The molecule has 0 amide bonds. The van der Waals surface area contributed by atoms with Gasteiger partial charge >= 0.3 is 0 Å². The molecule has 114 valence electrons. The predicted octanol–water partition coefficient (Wildman–Crippen LogP) is 5.57. The molecule has 0 heterocycles. The van der Waals surface area contributed by atoms with Crippen LogP contribution in [0.1, 0.15) is 46.5 Å². The molecule has 1 aliphatic rings. The molecule has 0 bridgehead atoms. The fraction of sp³-hybridized carbons (Fsp3) is 0.611. The topological polar surface area (TPSA) is 33.0 Å². The largest absolute Gasteiger partial charge is 0.489 e. The van der Waals surface area contributed by atoms with Crippen molar-refractivity contribution in [3.63, 3.8) is 0 Å². The van der Waals surface area contributed by atoms with Gasteiger partial charge in [0.05, 0.1) is 12.0 Å². The molecule has 1 aromatic carbocycles. The highest BCUT2D eigenvalue weighted by Crippen LogP contribution is 2.43. The van der Waals surface area contributed by atoms with Gasteiger partial charge in [-0.15, -0.1) is 0 Å². The minimum atomic E-state index is 0.0116. The first-order valence-electron chi connectivity index (χ1n) is 7.78. The van der Waals surface area contributed by atoms with E-state index in [9.17, 15) is 5.26 Å². The van der Waals surface area contributed by atoms with E-state index in [1.807, 2.05) is 24.3 Å². The molecule has 1 fully saturated rings. The van der Waals surface area contributed by atoms with Crippen molar-refractivity contribution in [2.75, 3.05) is 0 Å². The second kappa shape index (κ2) is 6.83. The maximum atomic E-state index is 9.39. The number of benzene rings is 1. The van der Waals surface area contributed by atoms with Crippen LogP contribution in [0.5, 0.6) is 5.75 Å². The minimum absolute atomic E-state index is 0.0116. The Morgan fingerprint density at radius 3 is 2.52 bits per heavy atom. The zero-order valence-electron chi connectivity index (χ0n) is 13.1. The molecule has 1 aromatic rings. The van der Waals surface area contributed by atoms with E-state index in [4.69, 9.17) is 4.74 Å². The van der Waals surface area contributed by atoms with Crippen molar-refractivity contribution in [3.8, 4) is 11.8 Å². The van der Waals surface area contributed by atoms with Crippen LogP contribution in [-0.4, -0.2) is 6.10 Å². The van der Waals surface area contributed by atoms with Crippen LogP contribution >= 0.6 is 15.9 Å². The van der Waals surface area contributed by atoms with Crippen LogP contribution in [0.2, 0.25) is 0 Å². The van der Waals surface area contributed by atoms with E-state index in [2.05, 4.69) is 42.8 Å². The first-order chi connectivity index (χ1) is 9.96. The zero-order valence-corrected chi connectivity index (χ0v) is 14.7. The fourth-order valence-electron chi connectivity index (χ4n) is 3.09. The van der Waals surface area contributed by atoms with Crippen LogP contribution < -0.4 is 4.74 Å². The number of rotatable bonds is 4. The Bertz CT molecular complexity index is 503. The fourth-order valence-corrected chi connectivity index (χ4v) is 3.36. The number of halogens is 1. The summed E-state index contributed by atoms with van der Waals surface area (Å²) in [6, 6.07) is 10.3. The van der Waals surface area contributed by atoms with Crippen molar-refractivity contribution in [2.24, 2.45) is 17.3 Å². The van der Waals surface area contributed by atoms with Crippen molar-refractivity contribution >= 4 is 15.9 Å². The summed E-state index contributed by atoms with van der Waals surface area (Å²) in [7, 11) is 0. The van der Waals surface area contributed by atoms with Gasteiger partial charge in [-0.2, -0.15) is 5.26 Å². The molecule has 3 unspecified atom stereocenters. The molecule has 2 rings (SSSR count). The maximum Gasteiger partial charge on any atom is 0.119 e. The van der Waals surface area contributed by atoms with E-state index < -0.39 is 0 Å². The Morgan fingerprint density at radius 2 is 1.95 bits per heavy atom. The summed E-state index contributed by atoms with van der Waals surface area (Å²) in [5.74, 6) is 1.50. The van der Waals surface area contributed by atoms with Gasteiger partial charge in [0, 0.05) is 4.47 Å². The Morgan fingerprint density at radius 1 is 1.29 bits per heavy atom. The standard InChI is InChI=1S/C18H24BrNO/c1-4-18(2,3)14-6-5-13(12-20)17(11-14)21-16-9-7-15(19)8-10-16/h7-10,13-14,17H,4-6,11H2,1-3H3. The van der Waals surface area contributed by atoms with Gasteiger partial charge in [0.2, 0.25) is 0 Å². The quantitative estimate of drug-likeness (QED) is 0.711. The Balaban J connectivity index is 2.10. The Hall–Kier alpha value is -1.01. The first kappa shape index (κ1) is 16.4. The van der Waals surface area contributed by atoms with Crippen LogP contribution in [0.25, 0.3) is 0 Å². The number of hydrogen-bond acceptors (Lipinski definition) is 2. The second-order valence-corrected chi connectivity index (χ2v) is 7.61. The van der Waals surface area contributed by atoms with Gasteiger partial charge in [-0.1, -0.05) is 43.1 Å². The molecule has 1 saturated carbocycles. The van der Waals surface area contributed by atoms with Crippen molar-refractivity contribution in [1.82, 2.24) is 0 Å². The lowest BCUT2D eigenvalue weighted by molar-refractivity contribution is 0.0410. The summed E-state index contributed by atoms with van der Waals surface area (Å²) in [5.41, 5.74) is 0.321. The highest BCUT2D eigenvalue weighted by molar-refractivity contribution is 9.10. The van der Waals surface area contributed by atoms with Gasteiger partial charge in [0.15, 0.2) is 0 Å². The lowest BCUT2D eigenvalue weighted by Crippen LogP contribution is -2.38. The number of ether oxygens (including phenoxy) is 1. The summed E-state index contributed by atoms with van der Waals surface area (Å²) in [4.78, 5) is 0. The molecule has 0 N–H and O–H groups in total. The van der Waals surface area contributed by atoms with Gasteiger partial charge in [-0.05, 0) is 54.9 Å². The molecule has 3 heteroatoms. The third-order valence-corrected chi connectivity index (χ3v) is 5.60. The monoisotopic (exact) mass is 349 g/mol. The molecule has 2 nitrogen and oxygen atoms in total. The first-order valence-corrected chi connectivity index (χ1v) is 8.57. The third kappa shape index (κ3) is 4.01. The van der Waals surface area contributed by atoms with Gasteiger partial charge in [0.25, 0.3) is 0 Å². The number of nitriles is 1. The SMILES string of the molecule is CCC(C)(C)C1CCC(C#N)C(Oc2ccc(Br)cc2)C1. The summed E-state index contributed by atoms with van der Waals surface area (Å²) >= 11 is 3.43. The van der Waals surface area contributed by atoms with Gasteiger partial charge in [-0.3, -0.25) is 0 Å². The van der Waals surface area contributed by atoms with E-state index in [0.717, 1.165) is 29.5 Å². The van der Waals surface area contributed by atoms with Crippen LogP contribution in [0.15, 0.2) is 28.7 Å². The van der Waals surface area contributed by atoms with Crippen molar-refractivity contribution in [2.45, 2.75) is 52.6 Å². The summed E-state index contributed by atoms with van der Waals surface area (Å²) in [6.07, 6.45) is 4.25. The smallest absolute Gasteiger partial charge is 0.119 e. The average molecular weight is 350 g/mol. The molecule has 0 aromatic heterocycles. The van der Waals surface area contributed by atoms with Crippen molar-refractivity contribution in [3.05, 3.63) is 28.7 Å². The predicted molar refractivity (Wildman–Crippen MR) is 89.1 cm³/mol. The number of nitrogens with zero attached hydrogens (tertiary/aromatic N) is 1. The molecule has 0 radical (unpaired) electrons. The second-order valence-electron chi connectivity index (χ2n) is 6.70. The van der Waals surface area contributed by atoms with E-state index in [1.54, 1.807) is 0 Å². The molecular weight excluding hydrogens is 326 g/mol. The van der Waals surface area contributed by atoms with E-state index >= 15 is 0 Å². The summed E-state index contributed by atoms with van der Waals surface area (Å²) < 4.78 is 7.18. The minimum Gasteiger partial charge on any atom is -0.489 e.